The summed E-state index contributed by atoms with van der Waals surface area (Å²) in [7, 11) is 0. The summed E-state index contributed by atoms with van der Waals surface area (Å²) in [6.07, 6.45) is 0. The minimum absolute atomic E-state index is 0.0382. The van der Waals surface area contributed by atoms with E-state index in [4.69, 9.17) is 20.5 Å². The van der Waals surface area contributed by atoms with Crippen LogP contribution in [0.1, 0.15) is 12.5 Å². The van der Waals surface area contributed by atoms with E-state index in [0.29, 0.717) is 23.8 Å². The maximum atomic E-state index is 13.7. The van der Waals surface area contributed by atoms with Crippen molar-refractivity contribution in [3.8, 4) is 23.3 Å². The standard InChI is InChI=1S/C15H13FN2O2/c1-2-19-15-8-11(4-5-13(15)18)20-14-6-3-10(9-17)7-12(14)16/h3-8H,2,18H2,1H3. The molecule has 0 amide bonds. The summed E-state index contributed by atoms with van der Waals surface area (Å²) in [6.45, 7) is 2.31. The molecular formula is C15H13FN2O2. The first-order valence-corrected chi connectivity index (χ1v) is 6.04. The van der Waals surface area contributed by atoms with Gasteiger partial charge < -0.3 is 15.2 Å². The molecule has 0 atom stereocenters. The van der Waals surface area contributed by atoms with Crippen LogP contribution in [0.4, 0.5) is 10.1 Å². The quantitative estimate of drug-likeness (QED) is 0.865. The molecule has 5 heteroatoms. The van der Waals surface area contributed by atoms with Gasteiger partial charge >= 0.3 is 0 Å². The summed E-state index contributed by atoms with van der Waals surface area (Å²) in [5.74, 6) is 0.334. The van der Waals surface area contributed by atoms with E-state index in [1.165, 1.54) is 12.1 Å². The normalized spacial score (nSPS) is 9.85. The Hall–Kier alpha value is -2.74. The molecule has 0 saturated heterocycles. The predicted molar refractivity (Wildman–Crippen MR) is 73.2 cm³/mol. The number of nitrogen functional groups attached to an aromatic ring is 1. The number of halogens is 1. The molecule has 0 bridgehead atoms. The monoisotopic (exact) mass is 272 g/mol. The Morgan fingerprint density at radius 1 is 1.20 bits per heavy atom. The number of nitriles is 1. The molecule has 0 radical (unpaired) electrons. The lowest BCUT2D eigenvalue weighted by atomic mass is 10.2. The summed E-state index contributed by atoms with van der Waals surface area (Å²) >= 11 is 0. The SMILES string of the molecule is CCOc1cc(Oc2ccc(C#N)cc2F)ccc1N. The molecule has 20 heavy (non-hydrogen) atoms. The third-order valence-electron chi connectivity index (χ3n) is 2.57. The van der Waals surface area contributed by atoms with E-state index < -0.39 is 5.82 Å². The Morgan fingerprint density at radius 3 is 2.65 bits per heavy atom. The smallest absolute Gasteiger partial charge is 0.167 e. The lowest BCUT2D eigenvalue weighted by molar-refractivity contribution is 0.339. The van der Waals surface area contributed by atoms with Crippen LogP contribution in [0.25, 0.3) is 0 Å². The molecule has 0 unspecified atom stereocenters. The number of ether oxygens (including phenoxy) is 2. The van der Waals surface area contributed by atoms with Crippen molar-refractivity contribution in [2.24, 2.45) is 0 Å². The van der Waals surface area contributed by atoms with Gasteiger partial charge in [0.05, 0.1) is 23.9 Å². The number of rotatable bonds is 4. The third-order valence-corrected chi connectivity index (χ3v) is 2.57. The molecule has 0 aliphatic carbocycles. The summed E-state index contributed by atoms with van der Waals surface area (Å²) < 4.78 is 24.5. The minimum Gasteiger partial charge on any atom is -0.492 e. The highest BCUT2D eigenvalue weighted by Gasteiger charge is 2.08. The Labute approximate surface area is 116 Å². The van der Waals surface area contributed by atoms with Gasteiger partial charge in [-0.1, -0.05) is 0 Å². The number of hydrogen-bond acceptors (Lipinski definition) is 4. The average molecular weight is 272 g/mol. The number of anilines is 1. The van der Waals surface area contributed by atoms with Crippen LogP contribution in [-0.2, 0) is 0 Å². The topological polar surface area (TPSA) is 68.3 Å². The van der Waals surface area contributed by atoms with Crippen LogP contribution in [0.5, 0.6) is 17.2 Å². The molecule has 2 N–H and O–H groups in total. The van der Waals surface area contributed by atoms with E-state index >= 15 is 0 Å². The van der Waals surface area contributed by atoms with Gasteiger partial charge in [-0.05, 0) is 37.3 Å². The van der Waals surface area contributed by atoms with E-state index in [1.807, 2.05) is 13.0 Å². The predicted octanol–water partition coefficient (Wildman–Crippen LogP) is 3.47. The van der Waals surface area contributed by atoms with Crippen LogP contribution < -0.4 is 15.2 Å². The van der Waals surface area contributed by atoms with Gasteiger partial charge in [0.15, 0.2) is 11.6 Å². The highest BCUT2D eigenvalue weighted by atomic mass is 19.1. The maximum absolute atomic E-state index is 13.7. The molecular weight excluding hydrogens is 259 g/mol. The van der Waals surface area contributed by atoms with Crippen LogP contribution >= 0.6 is 0 Å². The zero-order valence-corrected chi connectivity index (χ0v) is 10.9. The van der Waals surface area contributed by atoms with Crippen LogP contribution in [0.15, 0.2) is 36.4 Å². The Kier molecular flexibility index (Phi) is 4.06. The lowest BCUT2D eigenvalue weighted by Crippen LogP contribution is -1.97. The van der Waals surface area contributed by atoms with Crippen molar-refractivity contribution in [1.82, 2.24) is 0 Å². The van der Waals surface area contributed by atoms with Crippen molar-refractivity contribution in [3.63, 3.8) is 0 Å². The molecule has 0 aliphatic heterocycles. The zero-order valence-electron chi connectivity index (χ0n) is 10.9. The molecule has 0 aromatic heterocycles. The van der Waals surface area contributed by atoms with Crippen molar-refractivity contribution in [3.05, 3.63) is 47.8 Å². The zero-order chi connectivity index (χ0) is 14.5. The van der Waals surface area contributed by atoms with Crippen LogP contribution in [0.3, 0.4) is 0 Å². The highest BCUT2D eigenvalue weighted by molar-refractivity contribution is 5.56. The summed E-state index contributed by atoms with van der Waals surface area (Å²) in [5.41, 5.74) is 6.47. The van der Waals surface area contributed by atoms with Gasteiger partial charge in [0.1, 0.15) is 11.5 Å². The van der Waals surface area contributed by atoms with E-state index in [2.05, 4.69) is 0 Å². The van der Waals surface area contributed by atoms with Crippen LogP contribution in [0.2, 0.25) is 0 Å². The van der Waals surface area contributed by atoms with Crippen molar-refractivity contribution in [2.45, 2.75) is 6.92 Å². The van der Waals surface area contributed by atoms with E-state index in [0.717, 1.165) is 6.07 Å². The van der Waals surface area contributed by atoms with Gasteiger partial charge in [-0.25, -0.2) is 4.39 Å². The molecule has 4 nitrogen and oxygen atoms in total. The Bertz CT molecular complexity index is 665. The number of nitrogens with zero attached hydrogens (tertiary/aromatic N) is 1. The van der Waals surface area contributed by atoms with Crippen molar-refractivity contribution in [2.75, 3.05) is 12.3 Å². The molecule has 0 fully saturated rings. The molecule has 0 spiro atoms. The van der Waals surface area contributed by atoms with Crippen LogP contribution in [0, 0.1) is 17.1 Å². The fourth-order valence-corrected chi connectivity index (χ4v) is 1.64. The van der Waals surface area contributed by atoms with Gasteiger partial charge in [0.2, 0.25) is 0 Å². The Morgan fingerprint density at radius 2 is 2.00 bits per heavy atom. The van der Waals surface area contributed by atoms with E-state index in [9.17, 15) is 4.39 Å². The molecule has 0 heterocycles. The van der Waals surface area contributed by atoms with Crippen LogP contribution in [-0.4, -0.2) is 6.61 Å². The maximum Gasteiger partial charge on any atom is 0.167 e. The van der Waals surface area contributed by atoms with Crippen molar-refractivity contribution < 1.29 is 13.9 Å². The largest absolute Gasteiger partial charge is 0.492 e. The third kappa shape index (κ3) is 2.98. The van der Waals surface area contributed by atoms with Gasteiger partial charge in [0.25, 0.3) is 0 Å². The first kappa shape index (κ1) is 13.7. The minimum atomic E-state index is -0.598. The fourth-order valence-electron chi connectivity index (χ4n) is 1.64. The second kappa shape index (κ2) is 5.93. The molecule has 2 rings (SSSR count). The lowest BCUT2D eigenvalue weighted by Gasteiger charge is -2.11. The first-order valence-electron chi connectivity index (χ1n) is 6.04. The molecule has 102 valence electrons. The summed E-state index contributed by atoms with van der Waals surface area (Å²) in [4.78, 5) is 0. The van der Waals surface area contributed by atoms with Crippen molar-refractivity contribution in [1.29, 1.82) is 5.26 Å². The molecule has 2 aromatic rings. The van der Waals surface area contributed by atoms with E-state index in [-0.39, 0.29) is 11.3 Å². The Balaban J connectivity index is 2.26. The number of nitrogens with two attached hydrogens (primary N) is 1. The number of benzene rings is 2. The van der Waals surface area contributed by atoms with Gasteiger partial charge in [-0.3, -0.25) is 0 Å². The molecule has 0 saturated carbocycles. The second-order valence-corrected chi connectivity index (χ2v) is 3.99. The van der Waals surface area contributed by atoms with Gasteiger partial charge in [-0.15, -0.1) is 0 Å². The first-order chi connectivity index (χ1) is 9.63. The second-order valence-electron chi connectivity index (χ2n) is 3.99. The average Bonchev–Trinajstić information content (AvgIpc) is 2.45. The highest BCUT2D eigenvalue weighted by Crippen LogP contribution is 2.31. The van der Waals surface area contributed by atoms with Gasteiger partial charge in [-0.2, -0.15) is 5.26 Å². The van der Waals surface area contributed by atoms with Crippen molar-refractivity contribution >= 4 is 5.69 Å². The molecule has 2 aromatic carbocycles. The number of hydrogen-bond donors (Lipinski definition) is 1. The molecule has 0 aliphatic rings. The summed E-state index contributed by atoms with van der Waals surface area (Å²) in [5, 5.41) is 8.68. The van der Waals surface area contributed by atoms with Gasteiger partial charge in [0, 0.05) is 6.07 Å². The summed E-state index contributed by atoms with van der Waals surface area (Å²) in [6, 6.07) is 10.7. The van der Waals surface area contributed by atoms with E-state index in [1.54, 1.807) is 18.2 Å². The fraction of sp³-hybridized carbons (Fsp3) is 0.133.